The number of aromatic nitrogens is 1. The highest BCUT2D eigenvalue weighted by atomic mass is 79.9. The Morgan fingerprint density at radius 3 is 2.79 bits per heavy atom. The molecule has 0 radical (unpaired) electrons. The minimum absolute atomic E-state index is 0.0547. The molecule has 24 heavy (non-hydrogen) atoms. The number of hydrogen-bond acceptors (Lipinski definition) is 3. The van der Waals surface area contributed by atoms with Crippen molar-refractivity contribution in [2.75, 3.05) is 11.9 Å². The van der Waals surface area contributed by atoms with E-state index in [1.165, 1.54) is 0 Å². The zero-order valence-electron chi connectivity index (χ0n) is 13.0. The Morgan fingerprint density at radius 2 is 2.00 bits per heavy atom. The third kappa shape index (κ3) is 2.19. The van der Waals surface area contributed by atoms with E-state index in [1.807, 2.05) is 48.7 Å². The van der Waals surface area contributed by atoms with Crippen molar-refractivity contribution in [3.8, 4) is 0 Å². The van der Waals surface area contributed by atoms with Crippen LogP contribution < -0.4 is 5.32 Å². The third-order valence-corrected chi connectivity index (χ3v) is 5.21. The number of fused-ring (bicyclic) bond motifs is 2. The topological polar surface area (TPSA) is 65.1 Å². The minimum atomic E-state index is -0.842. The summed E-state index contributed by atoms with van der Waals surface area (Å²) >= 11 is 3.51. The normalized spacial score (nSPS) is 19.5. The highest BCUT2D eigenvalue weighted by Gasteiger charge is 2.47. The molecule has 0 amide bonds. The number of rotatable bonds is 4. The van der Waals surface area contributed by atoms with Crippen LogP contribution in [0.5, 0.6) is 0 Å². The van der Waals surface area contributed by atoms with Crippen molar-refractivity contribution in [2.24, 2.45) is 0 Å². The Labute approximate surface area is 148 Å². The Morgan fingerprint density at radius 1 is 1.17 bits per heavy atom. The van der Waals surface area contributed by atoms with Crippen LogP contribution in [0.3, 0.4) is 0 Å². The van der Waals surface area contributed by atoms with E-state index in [9.17, 15) is 9.90 Å². The Kier molecular flexibility index (Phi) is 3.70. The van der Waals surface area contributed by atoms with Crippen LogP contribution in [0.1, 0.15) is 28.8 Å². The second-order valence-electron chi connectivity index (χ2n) is 6.12. The summed E-state index contributed by atoms with van der Waals surface area (Å²) in [5, 5.41) is 13.8. The van der Waals surface area contributed by atoms with Crippen molar-refractivity contribution >= 4 is 38.3 Å². The van der Waals surface area contributed by atoms with Crippen LogP contribution in [0.4, 0.5) is 5.69 Å². The monoisotopic (exact) mass is 384 g/mol. The van der Waals surface area contributed by atoms with Crippen molar-refractivity contribution in [2.45, 2.75) is 18.4 Å². The predicted molar refractivity (Wildman–Crippen MR) is 98.4 cm³/mol. The van der Waals surface area contributed by atoms with Crippen molar-refractivity contribution in [3.05, 3.63) is 64.3 Å². The molecule has 0 aliphatic carbocycles. The van der Waals surface area contributed by atoms with E-state index in [-0.39, 0.29) is 12.4 Å². The molecule has 2 heterocycles. The van der Waals surface area contributed by atoms with E-state index >= 15 is 0 Å². The smallest absolute Gasteiger partial charge is 0.194 e. The molecule has 1 atom stereocenters. The number of H-pyrrole nitrogens is 1. The molecular formula is C19H17BrN2O2. The summed E-state index contributed by atoms with van der Waals surface area (Å²) in [5.41, 5.74) is 2.63. The predicted octanol–water partition coefficient (Wildman–Crippen LogP) is 4.21. The second-order valence-corrected chi connectivity index (χ2v) is 7.04. The fourth-order valence-corrected chi connectivity index (χ4v) is 3.96. The maximum Gasteiger partial charge on any atom is 0.194 e. The number of aliphatic hydroxyl groups is 1. The van der Waals surface area contributed by atoms with E-state index in [0.717, 1.165) is 26.6 Å². The molecule has 0 bridgehead atoms. The van der Waals surface area contributed by atoms with Gasteiger partial charge in [0, 0.05) is 45.0 Å². The van der Waals surface area contributed by atoms with E-state index in [1.54, 1.807) is 0 Å². The summed E-state index contributed by atoms with van der Waals surface area (Å²) in [4.78, 5) is 16.5. The molecule has 3 N–H and O–H groups in total. The largest absolute Gasteiger partial charge is 0.396 e. The Balaban J connectivity index is 1.92. The van der Waals surface area contributed by atoms with Gasteiger partial charge in [0.1, 0.15) is 5.54 Å². The molecule has 2 aromatic carbocycles. The van der Waals surface area contributed by atoms with Gasteiger partial charge in [0.05, 0.1) is 0 Å². The van der Waals surface area contributed by atoms with Gasteiger partial charge in [-0.3, -0.25) is 4.79 Å². The van der Waals surface area contributed by atoms with Crippen LogP contribution in [0.2, 0.25) is 0 Å². The van der Waals surface area contributed by atoms with Crippen LogP contribution in [0.25, 0.3) is 10.9 Å². The third-order valence-electron chi connectivity index (χ3n) is 4.72. The fraction of sp³-hybridized carbons (Fsp3) is 0.211. The van der Waals surface area contributed by atoms with Crippen LogP contribution in [0, 0.1) is 0 Å². The molecule has 1 aliphatic rings. The molecule has 3 aromatic rings. The molecule has 1 aromatic heterocycles. The number of para-hydroxylation sites is 1. The Hall–Kier alpha value is -2.11. The van der Waals surface area contributed by atoms with Gasteiger partial charge in [-0.2, -0.15) is 0 Å². The number of halogens is 1. The highest BCUT2D eigenvalue weighted by Crippen LogP contribution is 2.44. The molecule has 1 aliphatic heterocycles. The molecular weight excluding hydrogens is 368 g/mol. The molecule has 0 saturated carbocycles. The lowest BCUT2D eigenvalue weighted by molar-refractivity contribution is 0.0905. The van der Waals surface area contributed by atoms with E-state index in [4.69, 9.17) is 0 Å². The number of carbonyl (C=O) groups is 1. The number of benzene rings is 2. The summed E-state index contributed by atoms with van der Waals surface area (Å²) in [7, 11) is 0. The number of carbonyl (C=O) groups excluding carboxylic acids is 1. The van der Waals surface area contributed by atoms with Crippen LogP contribution in [-0.4, -0.2) is 22.5 Å². The first-order chi connectivity index (χ1) is 11.7. The average molecular weight is 385 g/mol. The fourth-order valence-electron chi connectivity index (χ4n) is 3.60. The highest BCUT2D eigenvalue weighted by molar-refractivity contribution is 9.10. The maximum atomic E-state index is 13.3. The standard InChI is InChI=1S/C19H17BrN2O2/c20-12-6-7-16-14(10-12)15(11-21-16)19(8-3-9-23)18(24)13-4-1-2-5-17(13)22-19/h1-2,4-7,10-11,21-23H,3,8-9H2/t19-/m0/s1. The molecule has 4 nitrogen and oxygen atoms in total. The lowest BCUT2D eigenvalue weighted by Gasteiger charge is -2.28. The lowest BCUT2D eigenvalue weighted by Crippen LogP contribution is -2.38. The molecule has 5 heteroatoms. The maximum absolute atomic E-state index is 13.3. The van der Waals surface area contributed by atoms with Gasteiger partial charge in [0.25, 0.3) is 0 Å². The van der Waals surface area contributed by atoms with Crippen LogP contribution in [-0.2, 0) is 5.54 Å². The van der Waals surface area contributed by atoms with Crippen LogP contribution >= 0.6 is 15.9 Å². The van der Waals surface area contributed by atoms with Gasteiger partial charge >= 0.3 is 0 Å². The summed E-state index contributed by atoms with van der Waals surface area (Å²) in [6, 6.07) is 13.6. The van der Waals surface area contributed by atoms with Crippen LogP contribution in [0.15, 0.2) is 53.1 Å². The molecule has 122 valence electrons. The van der Waals surface area contributed by atoms with Gasteiger partial charge in [0.15, 0.2) is 5.78 Å². The minimum Gasteiger partial charge on any atom is -0.396 e. The van der Waals surface area contributed by atoms with E-state index in [2.05, 4.69) is 26.2 Å². The molecule has 0 unspecified atom stereocenters. The first-order valence-corrected chi connectivity index (χ1v) is 8.75. The van der Waals surface area contributed by atoms with Crippen molar-refractivity contribution in [3.63, 3.8) is 0 Å². The number of ketones is 1. The Bertz CT molecular complexity index is 934. The molecule has 0 spiro atoms. The summed E-state index contributed by atoms with van der Waals surface area (Å²) < 4.78 is 0.969. The molecule has 4 rings (SSSR count). The average Bonchev–Trinajstić information content (AvgIpc) is 3.13. The zero-order valence-corrected chi connectivity index (χ0v) is 14.6. The number of Topliss-reactive ketones (excluding diaryl/α,β-unsaturated/α-hetero) is 1. The summed E-state index contributed by atoms with van der Waals surface area (Å²) in [5.74, 6) is 0.0624. The number of aliphatic hydroxyl groups excluding tert-OH is 1. The summed E-state index contributed by atoms with van der Waals surface area (Å²) in [6.45, 7) is 0.0547. The molecule has 0 saturated heterocycles. The van der Waals surface area contributed by atoms with Gasteiger partial charge in [-0.1, -0.05) is 28.1 Å². The molecule has 0 fully saturated rings. The van der Waals surface area contributed by atoms with Gasteiger partial charge in [-0.05, 0) is 43.2 Å². The van der Waals surface area contributed by atoms with E-state index in [0.29, 0.717) is 18.4 Å². The number of hydrogen-bond donors (Lipinski definition) is 3. The number of nitrogens with one attached hydrogen (secondary N) is 2. The lowest BCUT2D eigenvalue weighted by atomic mass is 9.82. The first kappa shape index (κ1) is 15.4. The SMILES string of the molecule is O=C1c2ccccc2N[C@@]1(CCCO)c1c[nH]c2ccc(Br)cc12. The van der Waals surface area contributed by atoms with Gasteiger partial charge in [-0.25, -0.2) is 0 Å². The number of aromatic amines is 1. The number of anilines is 1. The van der Waals surface area contributed by atoms with Crippen molar-refractivity contribution in [1.82, 2.24) is 4.98 Å². The zero-order chi connectivity index (χ0) is 16.7. The first-order valence-electron chi connectivity index (χ1n) is 7.96. The van der Waals surface area contributed by atoms with Gasteiger partial charge < -0.3 is 15.4 Å². The van der Waals surface area contributed by atoms with Gasteiger partial charge in [-0.15, -0.1) is 0 Å². The van der Waals surface area contributed by atoms with Crippen molar-refractivity contribution < 1.29 is 9.90 Å². The van der Waals surface area contributed by atoms with Gasteiger partial charge in [0.2, 0.25) is 0 Å². The summed E-state index contributed by atoms with van der Waals surface area (Å²) in [6.07, 6.45) is 3.00. The van der Waals surface area contributed by atoms with E-state index < -0.39 is 5.54 Å². The van der Waals surface area contributed by atoms with Crippen molar-refractivity contribution in [1.29, 1.82) is 0 Å². The second kappa shape index (κ2) is 5.76. The quantitative estimate of drug-likeness (QED) is 0.631.